The van der Waals surface area contributed by atoms with Crippen molar-refractivity contribution in [3.05, 3.63) is 191 Å². The molecule has 8 fully saturated rings. The second-order valence-corrected chi connectivity index (χ2v) is 53.9. The Morgan fingerprint density at radius 1 is 0.324 bits per heavy atom. The third-order valence-electron chi connectivity index (χ3n) is 31.7. The van der Waals surface area contributed by atoms with Gasteiger partial charge in [-0.05, 0) is 397 Å². The molecular formula is C117H177F6Fe4N4O6P5. The van der Waals surface area contributed by atoms with Gasteiger partial charge >= 0.3 is 12.4 Å². The fraction of sp³-hybridized carbons (Fsp3) is 0.624. The van der Waals surface area contributed by atoms with E-state index in [9.17, 15) is 26.3 Å². The molecule has 800 valence electrons. The standard InChI is InChI=1S/C28H42NO2P.C27H41NO2P2.C24H28F6NP.C18H26NO2P.4C5H10.4Fe/c1-17-11-12-25(22(6)29(7)8)28(17)32(23-13-18(2)26(30-9)19(3)14-23)24-15-20(4)27(31-10)21(5)16-24;1-8-31(9-2)27-21(20(3)28(4)5)18-19-26(27)32(24-16-12-10-14-22(24)29-6)25-17-13-11-15-23(25)30-7;1-15-5-14-21(16(2)31(3)4)22(15)32(19-10-6-17(7-11-19)23(25,26)27)20-12-8-18(9-13-20)24(28,29)30;1-13-9-10-15(14(2)19(3)4)18(13)22(16-7-5-11-20-16)17-8-6-12-21-17;4*1-2-4-5-3-1;;;;/h13-17,22,25,28H,11-12H2,1-10H3;10-17,20-21,26-27H,8-9,18-19H2,1-7H3;6-13,15-16,21-22H,5,14H2,1-4H3;5-8,11-15,18H,9-10H2,1-4H3;4*1-5H2;;;;/t17?,22-,25?,28?;20-,21?,26?,27?;15?,16-,21?,22?;13?,14-,15?,18?;;;;;;;;/m1010......../s1. The van der Waals surface area contributed by atoms with Crippen LogP contribution in [0.3, 0.4) is 0 Å². The van der Waals surface area contributed by atoms with Crippen molar-refractivity contribution < 1.29 is 122 Å². The minimum absolute atomic E-state index is 0. The van der Waals surface area contributed by atoms with Crippen LogP contribution in [0.15, 0.2) is 167 Å². The number of halogens is 6. The van der Waals surface area contributed by atoms with Crippen LogP contribution in [0.5, 0.6) is 23.0 Å². The van der Waals surface area contributed by atoms with E-state index < -0.39 is 55.2 Å². The first-order chi connectivity index (χ1) is 66.0. The third-order valence-corrected chi connectivity index (χ3v) is 47.5. The van der Waals surface area contributed by atoms with Gasteiger partial charge in [-0.1, -0.05) is 224 Å². The van der Waals surface area contributed by atoms with E-state index in [0.717, 1.165) is 93.3 Å². The van der Waals surface area contributed by atoms with Crippen molar-refractivity contribution in [1.29, 1.82) is 0 Å². The molecule has 0 radical (unpaired) electrons. The number of rotatable bonds is 27. The molecule has 0 bridgehead atoms. The van der Waals surface area contributed by atoms with Crippen LogP contribution >= 0.6 is 39.6 Å². The maximum atomic E-state index is 13.1. The van der Waals surface area contributed by atoms with Gasteiger partial charge in [0.15, 0.2) is 0 Å². The number of aryl methyl sites for hydroxylation is 4. The molecule has 16 atom stereocenters. The first-order valence-corrected chi connectivity index (χ1v) is 59.9. The zero-order valence-corrected chi connectivity index (χ0v) is 99.5. The molecule has 0 aliphatic heterocycles. The molecule has 8 saturated carbocycles. The van der Waals surface area contributed by atoms with Gasteiger partial charge in [-0.2, -0.15) is 26.3 Å². The van der Waals surface area contributed by atoms with E-state index in [4.69, 9.17) is 27.8 Å². The second kappa shape index (κ2) is 64.5. The Kier molecular flexibility index (Phi) is 58.7. The Morgan fingerprint density at radius 2 is 0.585 bits per heavy atom. The van der Waals surface area contributed by atoms with Crippen LogP contribution in [0, 0.1) is 69.1 Å². The normalized spacial score (nSPS) is 22.7. The molecule has 2 heterocycles. The molecule has 6 aromatic carbocycles. The fourth-order valence-electron chi connectivity index (χ4n) is 23.3. The van der Waals surface area contributed by atoms with Crippen LogP contribution in [0.1, 0.15) is 275 Å². The van der Waals surface area contributed by atoms with Gasteiger partial charge in [0.25, 0.3) is 0 Å². The van der Waals surface area contributed by atoms with Gasteiger partial charge in [0.1, 0.15) is 34.0 Å². The molecule has 12 unspecified atom stereocenters. The summed E-state index contributed by atoms with van der Waals surface area (Å²) in [6.45, 7) is 29.9. The number of hydrogen-bond donors (Lipinski definition) is 0. The topological polar surface area (TPSA) is 76.2 Å². The molecule has 8 aliphatic rings. The number of para-hydroxylation sites is 2. The summed E-state index contributed by atoms with van der Waals surface area (Å²) in [5, 5.41) is 7.23. The summed E-state index contributed by atoms with van der Waals surface area (Å²) in [7, 11) is 21.6. The zero-order chi connectivity index (χ0) is 101. The van der Waals surface area contributed by atoms with Crippen molar-refractivity contribution in [1.82, 2.24) is 19.6 Å². The molecule has 25 heteroatoms. The van der Waals surface area contributed by atoms with E-state index in [1.165, 1.54) is 247 Å². The Bertz CT molecular complexity index is 4460. The van der Waals surface area contributed by atoms with Crippen molar-refractivity contribution >= 4 is 82.4 Å². The number of hydrogen-bond acceptors (Lipinski definition) is 10. The van der Waals surface area contributed by atoms with Crippen molar-refractivity contribution in [3.63, 3.8) is 0 Å². The summed E-state index contributed by atoms with van der Waals surface area (Å²) >= 11 is 0. The van der Waals surface area contributed by atoms with Crippen molar-refractivity contribution in [2.45, 2.75) is 335 Å². The van der Waals surface area contributed by atoms with Crippen LogP contribution in [0.4, 0.5) is 26.3 Å². The molecule has 8 aromatic rings. The minimum Gasteiger partial charge on any atom is -0.496 e. The van der Waals surface area contributed by atoms with Crippen LogP contribution in [0.25, 0.3) is 0 Å². The summed E-state index contributed by atoms with van der Waals surface area (Å²) in [5.41, 5.74) is 8.54. The molecule has 0 saturated heterocycles. The SMILES string of the molecule is C1CCCC1.C1CCCC1.C1CCCC1.C1CCCC1.CC1CCC([C@@H](C)N(C)C)C1P(c1ccc(C(F)(F)F)cc1)c1ccc(C(F)(F)F)cc1.CC1CCC([C@H](C)N(C)C)C1P(c1ccco1)c1ccco1.CCP(CC)C1C([C@H](C)N(C)C)CCC1P(c1ccccc1OC)c1ccccc1OC.COc1c(C)cc(P(c2cc(C)c(OC)c(C)c2)C2C(C)CCC2[C@@H](C)N(C)C)cc1C.[Fe].[Fe].[Fe].[Fe]. The van der Waals surface area contributed by atoms with Crippen LogP contribution in [-0.2, 0) is 80.6 Å². The Hall–Kier alpha value is -3.27. The van der Waals surface area contributed by atoms with Crippen molar-refractivity contribution in [2.24, 2.45) is 41.4 Å². The largest absolute Gasteiger partial charge is 0.496 e. The maximum absolute atomic E-state index is 13.1. The number of ether oxygens (including phenoxy) is 4. The van der Waals surface area contributed by atoms with E-state index in [-0.39, 0.29) is 87.9 Å². The predicted octanol–water partition coefficient (Wildman–Crippen LogP) is 29.5. The molecule has 16 rings (SSSR count). The number of benzene rings is 6. The van der Waals surface area contributed by atoms with Crippen LogP contribution in [-0.4, -0.2) is 169 Å². The summed E-state index contributed by atoms with van der Waals surface area (Å²) < 4.78 is 114. The average molecular weight is 2230 g/mol. The zero-order valence-electron chi connectivity index (χ0n) is 90.6. The number of nitrogens with zero attached hydrogens (tertiary/aromatic N) is 4. The molecule has 0 spiro atoms. The third kappa shape index (κ3) is 35.9. The maximum Gasteiger partial charge on any atom is 0.416 e. The monoisotopic (exact) mass is 2230 g/mol. The smallest absolute Gasteiger partial charge is 0.416 e. The molecule has 10 nitrogen and oxygen atoms in total. The molecule has 2 aromatic heterocycles. The number of methoxy groups -OCH3 is 4. The van der Waals surface area contributed by atoms with Crippen LogP contribution < -0.4 is 61.8 Å². The molecule has 0 N–H and O–H groups in total. The Balaban J connectivity index is 0.000000310. The molecular weight excluding hydrogens is 2050 g/mol. The van der Waals surface area contributed by atoms with Gasteiger partial charge in [0, 0.05) is 111 Å². The van der Waals surface area contributed by atoms with Gasteiger partial charge < -0.3 is 47.4 Å². The van der Waals surface area contributed by atoms with E-state index in [1.54, 1.807) is 26.7 Å². The average Bonchev–Trinajstić information content (AvgIpc) is 1.61. The van der Waals surface area contributed by atoms with Gasteiger partial charge in [0.05, 0.1) is 52.1 Å². The van der Waals surface area contributed by atoms with Crippen LogP contribution in [0.2, 0.25) is 0 Å². The van der Waals surface area contributed by atoms with Crippen molar-refractivity contribution in [3.8, 4) is 23.0 Å². The van der Waals surface area contributed by atoms with Gasteiger partial charge in [-0.3, -0.25) is 0 Å². The molecule has 0 amide bonds. The summed E-state index contributed by atoms with van der Waals surface area (Å²) in [6, 6.07) is 47.6. The Labute approximate surface area is 904 Å². The van der Waals surface area contributed by atoms with E-state index in [1.807, 2.05) is 40.4 Å². The van der Waals surface area contributed by atoms with Gasteiger partial charge in [-0.25, -0.2) is 0 Å². The van der Waals surface area contributed by atoms with E-state index in [0.29, 0.717) is 70.6 Å². The van der Waals surface area contributed by atoms with Gasteiger partial charge in [0.2, 0.25) is 0 Å². The Morgan fingerprint density at radius 3 is 0.831 bits per heavy atom. The van der Waals surface area contributed by atoms with E-state index in [2.05, 4.69) is 237 Å². The minimum atomic E-state index is -4.43. The van der Waals surface area contributed by atoms with Crippen molar-refractivity contribution in [2.75, 3.05) is 97.1 Å². The molecule has 142 heavy (non-hydrogen) atoms. The first kappa shape index (κ1) is 129. The second-order valence-electron chi connectivity index (χ2n) is 41.6. The number of furan rings is 2. The quantitative estimate of drug-likeness (QED) is 0.0282. The summed E-state index contributed by atoms with van der Waals surface area (Å²) in [6.07, 6.45) is 37.1. The van der Waals surface area contributed by atoms with E-state index >= 15 is 0 Å². The first-order valence-electron chi connectivity index (χ1n) is 52.5. The summed E-state index contributed by atoms with van der Waals surface area (Å²) in [5.74, 6) is 8.22. The molecule has 8 aliphatic carbocycles. The number of alkyl halides is 6. The predicted molar refractivity (Wildman–Crippen MR) is 586 cm³/mol. The fourth-order valence-corrected chi connectivity index (χ4v) is 40.6. The van der Waals surface area contributed by atoms with Gasteiger partial charge in [-0.15, -0.1) is 7.92 Å². The summed E-state index contributed by atoms with van der Waals surface area (Å²) in [4.78, 5) is 9.35.